The number of benzene rings is 1. The molecule has 0 spiro atoms. The highest BCUT2D eigenvalue weighted by Gasteiger charge is 2.05. The number of aliphatic imine (C=N–C) groups is 1. The Morgan fingerprint density at radius 2 is 2.00 bits per heavy atom. The number of carbonyl (C=O) groups excluding carboxylic acids is 1. The minimum absolute atomic E-state index is 0.0764. The molecule has 24 heavy (non-hydrogen) atoms. The Morgan fingerprint density at radius 1 is 1.21 bits per heavy atom. The van der Waals surface area contributed by atoms with Crippen molar-refractivity contribution in [3.05, 3.63) is 48.0 Å². The molecular weight excluding hydrogens is 306 g/mol. The molecule has 0 saturated carbocycles. The number of guanidine groups is 1. The summed E-state index contributed by atoms with van der Waals surface area (Å²) in [5.74, 6) is 1.24. The van der Waals surface area contributed by atoms with Gasteiger partial charge in [0.1, 0.15) is 12.2 Å². The molecule has 0 saturated heterocycles. The van der Waals surface area contributed by atoms with Crippen LogP contribution in [0.2, 0.25) is 0 Å². The van der Waals surface area contributed by atoms with E-state index < -0.39 is 0 Å². The lowest BCUT2D eigenvalue weighted by Gasteiger charge is -2.11. The molecule has 0 atom stereocenters. The Bertz CT molecular complexity index is 666. The van der Waals surface area contributed by atoms with Crippen molar-refractivity contribution in [2.45, 2.75) is 13.0 Å². The minimum atomic E-state index is -0.0764. The molecule has 0 unspecified atom stereocenters. The molecule has 8 heteroatoms. The molecule has 1 aromatic heterocycles. The third-order valence-electron chi connectivity index (χ3n) is 3.44. The molecule has 128 valence electrons. The van der Waals surface area contributed by atoms with Crippen LogP contribution in [0.15, 0.2) is 41.7 Å². The van der Waals surface area contributed by atoms with Crippen molar-refractivity contribution >= 4 is 11.9 Å². The van der Waals surface area contributed by atoms with Gasteiger partial charge in [0.25, 0.3) is 0 Å². The third kappa shape index (κ3) is 5.71. The highest BCUT2D eigenvalue weighted by molar-refractivity contribution is 5.86. The number of amides is 1. The number of hydrogen-bond acceptors (Lipinski definition) is 4. The van der Waals surface area contributed by atoms with Crippen LogP contribution in [0.25, 0.3) is 0 Å². The first kappa shape index (κ1) is 17.5. The average Bonchev–Trinajstić information content (AvgIpc) is 3.01. The van der Waals surface area contributed by atoms with Gasteiger partial charge in [-0.25, -0.2) is 4.98 Å². The molecule has 8 nitrogen and oxygen atoms in total. The van der Waals surface area contributed by atoms with Crippen LogP contribution in [0, 0.1) is 0 Å². The summed E-state index contributed by atoms with van der Waals surface area (Å²) >= 11 is 0. The smallest absolute Gasteiger partial charge is 0.239 e. The lowest BCUT2D eigenvalue weighted by molar-refractivity contribution is -0.119. The van der Waals surface area contributed by atoms with E-state index in [4.69, 9.17) is 0 Å². The second-order valence-corrected chi connectivity index (χ2v) is 5.16. The van der Waals surface area contributed by atoms with Gasteiger partial charge in [-0.2, -0.15) is 5.10 Å². The summed E-state index contributed by atoms with van der Waals surface area (Å²) in [4.78, 5) is 20.0. The second-order valence-electron chi connectivity index (χ2n) is 5.16. The first-order valence-electron chi connectivity index (χ1n) is 7.77. The van der Waals surface area contributed by atoms with Crippen LogP contribution in [-0.4, -0.2) is 46.8 Å². The van der Waals surface area contributed by atoms with Crippen LogP contribution in [0.3, 0.4) is 0 Å². The second kappa shape index (κ2) is 9.29. The first-order valence-corrected chi connectivity index (χ1v) is 7.77. The fourth-order valence-electron chi connectivity index (χ4n) is 2.08. The lowest BCUT2D eigenvalue weighted by Crippen LogP contribution is -2.43. The van der Waals surface area contributed by atoms with E-state index in [-0.39, 0.29) is 12.5 Å². The van der Waals surface area contributed by atoms with Crippen LogP contribution in [0.1, 0.15) is 11.4 Å². The van der Waals surface area contributed by atoms with Crippen molar-refractivity contribution in [2.75, 3.05) is 20.1 Å². The maximum atomic E-state index is 11.9. The summed E-state index contributed by atoms with van der Waals surface area (Å²) in [5, 5.41) is 12.9. The van der Waals surface area contributed by atoms with Crippen molar-refractivity contribution in [3.8, 4) is 0 Å². The van der Waals surface area contributed by atoms with E-state index in [0.717, 1.165) is 12.2 Å². The van der Waals surface area contributed by atoms with Crippen LogP contribution in [0.5, 0.6) is 0 Å². The topological polar surface area (TPSA) is 96.2 Å². The maximum absolute atomic E-state index is 11.9. The molecule has 0 aliphatic rings. The lowest BCUT2D eigenvalue weighted by atomic mass is 10.1. The predicted molar refractivity (Wildman–Crippen MR) is 92.4 cm³/mol. The number of nitrogens with one attached hydrogen (secondary N) is 3. The van der Waals surface area contributed by atoms with Gasteiger partial charge in [-0.05, 0) is 12.0 Å². The van der Waals surface area contributed by atoms with E-state index >= 15 is 0 Å². The number of aromatic nitrogens is 3. The normalized spacial score (nSPS) is 11.2. The number of rotatable bonds is 7. The fourth-order valence-corrected chi connectivity index (χ4v) is 2.08. The van der Waals surface area contributed by atoms with E-state index in [0.29, 0.717) is 19.0 Å². The summed E-state index contributed by atoms with van der Waals surface area (Å²) in [6.45, 7) is 1.24. The van der Waals surface area contributed by atoms with Crippen molar-refractivity contribution in [2.24, 2.45) is 12.0 Å². The van der Waals surface area contributed by atoms with Crippen LogP contribution >= 0.6 is 0 Å². The number of aryl methyl sites for hydroxylation is 1. The zero-order valence-corrected chi connectivity index (χ0v) is 14.0. The molecule has 1 heterocycles. The predicted octanol–water partition coefficient (Wildman–Crippen LogP) is -0.161. The largest absolute Gasteiger partial charge is 0.354 e. The highest BCUT2D eigenvalue weighted by atomic mass is 16.1. The zero-order valence-electron chi connectivity index (χ0n) is 14.0. The Balaban J connectivity index is 1.65. The van der Waals surface area contributed by atoms with E-state index in [1.807, 2.05) is 37.4 Å². The van der Waals surface area contributed by atoms with E-state index in [1.165, 1.54) is 11.9 Å². The van der Waals surface area contributed by atoms with Gasteiger partial charge in [0.2, 0.25) is 5.91 Å². The van der Waals surface area contributed by atoms with Crippen LogP contribution in [-0.2, 0) is 24.8 Å². The zero-order chi connectivity index (χ0) is 17.2. The summed E-state index contributed by atoms with van der Waals surface area (Å²) in [5.41, 5.74) is 1.20. The van der Waals surface area contributed by atoms with Crippen molar-refractivity contribution < 1.29 is 4.79 Å². The molecule has 2 aromatic rings. The molecule has 0 radical (unpaired) electrons. The van der Waals surface area contributed by atoms with Crippen molar-refractivity contribution in [3.63, 3.8) is 0 Å². The summed E-state index contributed by atoms with van der Waals surface area (Å²) in [6.07, 6.45) is 2.30. The van der Waals surface area contributed by atoms with Gasteiger partial charge in [0.15, 0.2) is 5.96 Å². The SMILES string of the molecule is CN=C(NCC(=O)NCCc1ccccc1)NCc1ncnn1C. The molecule has 1 aromatic carbocycles. The number of hydrogen-bond donors (Lipinski definition) is 3. The van der Waals surface area contributed by atoms with Crippen molar-refractivity contribution in [1.82, 2.24) is 30.7 Å². The standard InChI is InChI=1S/C16H23N7O/c1-17-16(19-10-14-21-12-22-23(14)2)20-11-15(24)18-9-8-13-6-4-3-5-7-13/h3-7,12H,8-11H2,1-2H3,(H,18,24)(H2,17,19,20). The summed E-state index contributed by atoms with van der Waals surface area (Å²) in [7, 11) is 3.47. The Hall–Kier alpha value is -2.90. The third-order valence-corrected chi connectivity index (χ3v) is 3.44. The Labute approximate surface area is 141 Å². The maximum Gasteiger partial charge on any atom is 0.239 e. The molecule has 2 rings (SSSR count). The molecule has 0 aliphatic carbocycles. The molecule has 0 bridgehead atoms. The highest BCUT2D eigenvalue weighted by Crippen LogP contribution is 1.97. The Kier molecular flexibility index (Phi) is 6.75. The van der Waals surface area contributed by atoms with Gasteiger partial charge >= 0.3 is 0 Å². The van der Waals surface area contributed by atoms with E-state index in [2.05, 4.69) is 31.0 Å². The van der Waals surface area contributed by atoms with Gasteiger partial charge in [0, 0.05) is 20.6 Å². The molecule has 3 N–H and O–H groups in total. The number of nitrogens with zero attached hydrogens (tertiary/aromatic N) is 4. The Morgan fingerprint density at radius 3 is 2.67 bits per heavy atom. The molecule has 1 amide bonds. The van der Waals surface area contributed by atoms with E-state index in [9.17, 15) is 4.79 Å². The van der Waals surface area contributed by atoms with Gasteiger partial charge < -0.3 is 16.0 Å². The van der Waals surface area contributed by atoms with Gasteiger partial charge in [-0.15, -0.1) is 0 Å². The molecule has 0 fully saturated rings. The van der Waals surface area contributed by atoms with E-state index in [1.54, 1.807) is 11.7 Å². The van der Waals surface area contributed by atoms with Crippen LogP contribution < -0.4 is 16.0 Å². The average molecular weight is 329 g/mol. The van der Waals surface area contributed by atoms with Gasteiger partial charge in [-0.1, -0.05) is 30.3 Å². The molecular formula is C16H23N7O. The fraction of sp³-hybridized carbons (Fsp3) is 0.375. The minimum Gasteiger partial charge on any atom is -0.354 e. The van der Waals surface area contributed by atoms with Gasteiger partial charge in [0.05, 0.1) is 13.1 Å². The van der Waals surface area contributed by atoms with Crippen molar-refractivity contribution in [1.29, 1.82) is 0 Å². The quantitative estimate of drug-likeness (QED) is 0.484. The molecule has 0 aliphatic heterocycles. The summed E-state index contributed by atoms with van der Waals surface area (Å²) < 4.78 is 1.68. The first-order chi connectivity index (χ1) is 11.7. The van der Waals surface area contributed by atoms with Crippen LogP contribution in [0.4, 0.5) is 0 Å². The monoisotopic (exact) mass is 329 g/mol. The number of carbonyl (C=O) groups is 1. The summed E-state index contributed by atoms with van der Waals surface area (Å²) in [6, 6.07) is 10.0. The van der Waals surface area contributed by atoms with Gasteiger partial charge in [-0.3, -0.25) is 14.5 Å².